The molecule has 0 fully saturated rings. The van der Waals surface area contributed by atoms with Gasteiger partial charge in [-0.05, 0) is 42.4 Å². The van der Waals surface area contributed by atoms with Crippen LogP contribution in [0.3, 0.4) is 0 Å². The van der Waals surface area contributed by atoms with E-state index in [2.05, 4.69) is 27.7 Å². The molecule has 0 bridgehead atoms. The monoisotopic (exact) mass is 292 g/mol. The number of methoxy groups -OCH3 is 2. The lowest BCUT2D eigenvalue weighted by atomic mass is 9.82. The molecule has 3 nitrogen and oxygen atoms in total. The molecule has 1 aromatic rings. The molecule has 0 aliphatic rings. The third-order valence-corrected chi connectivity index (χ3v) is 3.53. The number of hydrogen-bond acceptors (Lipinski definition) is 3. The summed E-state index contributed by atoms with van der Waals surface area (Å²) in [4.78, 5) is 12.5. The quantitative estimate of drug-likeness (QED) is 0.715. The van der Waals surface area contributed by atoms with Crippen LogP contribution in [0.5, 0.6) is 11.5 Å². The van der Waals surface area contributed by atoms with Gasteiger partial charge in [-0.15, -0.1) is 0 Å². The van der Waals surface area contributed by atoms with Gasteiger partial charge >= 0.3 is 0 Å². The first-order valence-electron chi connectivity index (χ1n) is 7.43. The lowest BCUT2D eigenvalue weighted by Crippen LogP contribution is -2.15. The Hall–Kier alpha value is -1.51. The van der Waals surface area contributed by atoms with Gasteiger partial charge in [0.25, 0.3) is 0 Å². The largest absolute Gasteiger partial charge is 0.493 e. The average molecular weight is 292 g/mol. The topological polar surface area (TPSA) is 35.5 Å². The van der Waals surface area contributed by atoms with E-state index in [9.17, 15) is 4.79 Å². The molecule has 1 atom stereocenters. The highest BCUT2D eigenvalue weighted by Gasteiger charge is 2.20. The first kappa shape index (κ1) is 17.5. The van der Waals surface area contributed by atoms with Crippen molar-refractivity contribution in [3.63, 3.8) is 0 Å². The van der Waals surface area contributed by atoms with Crippen molar-refractivity contribution >= 4 is 5.78 Å². The van der Waals surface area contributed by atoms with E-state index >= 15 is 0 Å². The van der Waals surface area contributed by atoms with Crippen molar-refractivity contribution in [1.29, 1.82) is 0 Å². The fourth-order valence-corrected chi connectivity index (χ4v) is 2.83. The second-order valence-corrected chi connectivity index (χ2v) is 7.02. The molecule has 0 aliphatic heterocycles. The van der Waals surface area contributed by atoms with Crippen LogP contribution in [0.25, 0.3) is 0 Å². The van der Waals surface area contributed by atoms with Gasteiger partial charge in [-0.1, -0.05) is 27.7 Å². The molecule has 1 aromatic carbocycles. The Bertz CT molecular complexity index is 498. The van der Waals surface area contributed by atoms with Crippen LogP contribution in [0, 0.1) is 18.3 Å². The predicted octanol–water partition coefficient (Wildman–Crippen LogP) is 4.66. The minimum atomic E-state index is 0.171. The molecule has 0 saturated heterocycles. The molecule has 0 saturated carbocycles. The van der Waals surface area contributed by atoms with Crippen molar-refractivity contribution < 1.29 is 14.3 Å². The summed E-state index contributed by atoms with van der Waals surface area (Å²) in [6.45, 7) is 10.7. The van der Waals surface area contributed by atoms with E-state index in [0.29, 0.717) is 23.8 Å². The average Bonchev–Trinajstić information content (AvgIpc) is 2.35. The highest BCUT2D eigenvalue weighted by Crippen LogP contribution is 2.32. The van der Waals surface area contributed by atoms with Crippen LogP contribution in [0.15, 0.2) is 12.1 Å². The van der Waals surface area contributed by atoms with Crippen molar-refractivity contribution in [3.8, 4) is 11.5 Å². The van der Waals surface area contributed by atoms with Gasteiger partial charge in [0, 0.05) is 12.0 Å². The molecule has 21 heavy (non-hydrogen) atoms. The van der Waals surface area contributed by atoms with E-state index < -0.39 is 0 Å². The number of rotatable bonds is 6. The van der Waals surface area contributed by atoms with Crippen molar-refractivity contribution in [3.05, 3.63) is 23.3 Å². The van der Waals surface area contributed by atoms with Gasteiger partial charge in [0.1, 0.15) is 0 Å². The van der Waals surface area contributed by atoms with E-state index in [1.807, 2.05) is 13.0 Å². The van der Waals surface area contributed by atoms with Crippen LogP contribution in [0.1, 0.15) is 56.5 Å². The summed E-state index contributed by atoms with van der Waals surface area (Å²) in [7, 11) is 3.19. The zero-order chi connectivity index (χ0) is 16.2. The molecule has 0 heterocycles. The highest BCUT2D eigenvalue weighted by molar-refractivity contribution is 5.98. The zero-order valence-corrected chi connectivity index (χ0v) is 14.4. The normalized spacial score (nSPS) is 12.9. The molecule has 118 valence electrons. The van der Waals surface area contributed by atoms with Crippen LogP contribution in [0.2, 0.25) is 0 Å². The standard InChI is InChI=1S/C18H28O3/c1-12(11-18(3,4)5)8-15(19)14-10-17(21-7)16(20-6)9-13(14)2/h9-10,12H,8,11H2,1-7H3. The molecule has 0 spiro atoms. The Morgan fingerprint density at radius 3 is 2.14 bits per heavy atom. The minimum Gasteiger partial charge on any atom is -0.493 e. The third kappa shape index (κ3) is 5.07. The molecular formula is C18H28O3. The van der Waals surface area contributed by atoms with Gasteiger partial charge in [0.05, 0.1) is 14.2 Å². The number of ether oxygens (including phenoxy) is 2. The summed E-state index contributed by atoms with van der Waals surface area (Å²) < 4.78 is 10.6. The van der Waals surface area contributed by atoms with Gasteiger partial charge in [0.15, 0.2) is 17.3 Å². The van der Waals surface area contributed by atoms with Gasteiger partial charge in [0.2, 0.25) is 0 Å². The van der Waals surface area contributed by atoms with Crippen LogP contribution in [-0.4, -0.2) is 20.0 Å². The van der Waals surface area contributed by atoms with Crippen molar-refractivity contribution in [1.82, 2.24) is 0 Å². The Morgan fingerprint density at radius 1 is 1.14 bits per heavy atom. The van der Waals surface area contributed by atoms with E-state index in [1.165, 1.54) is 0 Å². The number of ketones is 1. The molecule has 3 heteroatoms. The maximum absolute atomic E-state index is 12.5. The van der Waals surface area contributed by atoms with E-state index in [4.69, 9.17) is 9.47 Å². The Balaban J connectivity index is 2.92. The molecule has 0 aliphatic carbocycles. The van der Waals surface area contributed by atoms with Crippen LogP contribution in [0.4, 0.5) is 0 Å². The molecule has 0 N–H and O–H groups in total. The fourth-order valence-electron chi connectivity index (χ4n) is 2.83. The molecule has 1 rings (SSSR count). The second kappa shape index (κ2) is 6.97. The van der Waals surface area contributed by atoms with Gasteiger partial charge in [-0.25, -0.2) is 0 Å². The molecular weight excluding hydrogens is 264 g/mol. The molecule has 1 unspecified atom stereocenters. The van der Waals surface area contributed by atoms with Crippen LogP contribution >= 0.6 is 0 Å². The van der Waals surface area contributed by atoms with Gasteiger partial charge in [-0.3, -0.25) is 4.79 Å². The summed E-state index contributed by atoms with van der Waals surface area (Å²) in [5.74, 6) is 1.81. The van der Waals surface area contributed by atoms with Crippen molar-refractivity contribution in [2.75, 3.05) is 14.2 Å². The summed E-state index contributed by atoms with van der Waals surface area (Å²) in [5.41, 5.74) is 1.90. The predicted molar refractivity (Wildman–Crippen MR) is 86.5 cm³/mol. The lowest BCUT2D eigenvalue weighted by Gasteiger charge is -2.23. The number of Topliss-reactive ketones (excluding diaryl/α,β-unsaturated/α-hetero) is 1. The first-order chi connectivity index (χ1) is 9.67. The zero-order valence-electron chi connectivity index (χ0n) is 14.4. The SMILES string of the molecule is COc1cc(C)c(C(=O)CC(C)CC(C)(C)C)cc1OC. The minimum absolute atomic E-state index is 0.171. The summed E-state index contributed by atoms with van der Waals surface area (Å²) in [5, 5.41) is 0. The van der Waals surface area contributed by atoms with Crippen molar-refractivity contribution in [2.45, 2.75) is 47.5 Å². The lowest BCUT2D eigenvalue weighted by molar-refractivity contribution is 0.0953. The van der Waals surface area contributed by atoms with Crippen LogP contribution < -0.4 is 9.47 Å². The Morgan fingerprint density at radius 2 is 1.67 bits per heavy atom. The molecule has 0 radical (unpaired) electrons. The van der Waals surface area contributed by atoms with E-state index in [1.54, 1.807) is 20.3 Å². The fraction of sp³-hybridized carbons (Fsp3) is 0.611. The number of benzene rings is 1. The smallest absolute Gasteiger partial charge is 0.163 e. The number of carbonyl (C=O) groups excluding carboxylic acids is 1. The Labute approximate surface area is 128 Å². The number of aryl methyl sites for hydroxylation is 1. The van der Waals surface area contributed by atoms with Gasteiger partial charge in [-0.2, -0.15) is 0 Å². The third-order valence-electron chi connectivity index (χ3n) is 3.53. The van der Waals surface area contributed by atoms with E-state index in [0.717, 1.165) is 17.5 Å². The van der Waals surface area contributed by atoms with Crippen molar-refractivity contribution in [2.24, 2.45) is 11.3 Å². The molecule has 0 aromatic heterocycles. The maximum atomic E-state index is 12.5. The summed E-state index contributed by atoms with van der Waals surface area (Å²) in [6, 6.07) is 3.65. The maximum Gasteiger partial charge on any atom is 0.163 e. The second-order valence-electron chi connectivity index (χ2n) is 7.02. The summed E-state index contributed by atoms with van der Waals surface area (Å²) in [6.07, 6.45) is 1.60. The summed E-state index contributed by atoms with van der Waals surface area (Å²) >= 11 is 0. The molecule has 0 amide bonds. The number of hydrogen-bond donors (Lipinski definition) is 0. The number of carbonyl (C=O) groups is 1. The van der Waals surface area contributed by atoms with E-state index in [-0.39, 0.29) is 11.2 Å². The first-order valence-corrected chi connectivity index (χ1v) is 7.43. The Kier molecular flexibility index (Phi) is 5.82. The van der Waals surface area contributed by atoms with Gasteiger partial charge < -0.3 is 9.47 Å². The van der Waals surface area contributed by atoms with Crippen LogP contribution in [-0.2, 0) is 0 Å². The highest BCUT2D eigenvalue weighted by atomic mass is 16.5.